The summed E-state index contributed by atoms with van der Waals surface area (Å²) in [7, 11) is 0. The van der Waals surface area contributed by atoms with Crippen molar-refractivity contribution in [2.45, 2.75) is 13.8 Å². The summed E-state index contributed by atoms with van der Waals surface area (Å²) in [4.78, 5) is 8.86. The molecule has 66 valence electrons. The lowest BCUT2D eigenvalue weighted by molar-refractivity contribution is 1.14. The van der Waals surface area contributed by atoms with Crippen LogP contribution in [0.5, 0.6) is 0 Å². The van der Waals surface area contributed by atoms with Crippen LogP contribution in [-0.2, 0) is 0 Å². The lowest BCUT2D eigenvalue weighted by atomic mass is 10.2. The Morgan fingerprint density at radius 2 is 1.92 bits per heavy atom. The molecule has 0 radical (unpaired) electrons. The van der Waals surface area contributed by atoms with Gasteiger partial charge in [0.25, 0.3) is 0 Å². The lowest BCUT2D eigenvalue weighted by Crippen LogP contribution is -1.91. The average Bonchev–Trinajstić information content (AvgIpc) is 2.09. The number of benzene rings is 1. The van der Waals surface area contributed by atoms with Crippen molar-refractivity contribution < 1.29 is 0 Å². The van der Waals surface area contributed by atoms with Crippen molar-refractivity contribution in [3.8, 4) is 0 Å². The van der Waals surface area contributed by atoms with Crippen LogP contribution in [0.15, 0.2) is 22.8 Å². The Balaban J connectivity index is 2.89. The minimum Gasteiger partial charge on any atom is -0.248 e. The van der Waals surface area contributed by atoms with E-state index in [1.807, 2.05) is 32.0 Å². The van der Waals surface area contributed by atoms with Gasteiger partial charge in [-0.3, -0.25) is 0 Å². The van der Waals surface area contributed by atoms with Crippen molar-refractivity contribution >= 4 is 27.0 Å². The Bertz CT molecular complexity index is 466. The molecule has 0 unspecified atom stereocenters. The number of fused-ring (bicyclic) bond motifs is 1. The second kappa shape index (κ2) is 3.07. The van der Waals surface area contributed by atoms with Gasteiger partial charge in [-0.15, -0.1) is 0 Å². The van der Waals surface area contributed by atoms with Crippen LogP contribution < -0.4 is 0 Å². The number of halogens is 1. The predicted molar refractivity (Wildman–Crippen MR) is 56.7 cm³/mol. The third-order valence-electron chi connectivity index (χ3n) is 2.01. The van der Waals surface area contributed by atoms with Crippen LogP contribution in [-0.4, -0.2) is 9.97 Å². The molecular formula is C10H9BrN2. The standard InChI is InChI=1S/C10H9BrN2/c1-6-4-3-5-8-9(6)12-7(2)10(11)13-8/h3-5H,1-2H3. The molecule has 0 aliphatic heterocycles. The zero-order valence-corrected chi connectivity index (χ0v) is 9.09. The van der Waals surface area contributed by atoms with Crippen molar-refractivity contribution in [1.29, 1.82) is 0 Å². The molecular weight excluding hydrogens is 228 g/mol. The summed E-state index contributed by atoms with van der Waals surface area (Å²) in [5, 5.41) is 0. The molecule has 0 saturated heterocycles. The van der Waals surface area contributed by atoms with E-state index in [1.165, 1.54) is 5.56 Å². The van der Waals surface area contributed by atoms with Gasteiger partial charge >= 0.3 is 0 Å². The highest BCUT2D eigenvalue weighted by Crippen LogP contribution is 2.18. The molecule has 1 aromatic heterocycles. The zero-order chi connectivity index (χ0) is 9.42. The smallest absolute Gasteiger partial charge is 0.128 e. The highest BCUT2D eigenvalue weighted by Gasteiger charge is 2.03. The molecule has 0 spiro atoms. The van der Waals surface area contributed by atoms with E-state index in [-0.39, 0.29) is 0 Å². The van der Waals surface area contributed by atoms with Gasteiger partial charge in [0.15, 0.2) is 0 Å². The third kappa shape index (κ3) is 1.44. The summed E-state index contributed by atoms with van der Waals surface area (Å²) in [5.74, 6) is 0. The van der Waals surface area contributed by atoms with Gasteiger partial charge in [-0.1, -0.05) is 12.1 Å². The Morgan fingerprint density at radius 1 is 1.15 bits per heavy atom. The van der Waals surface area contributed by atoms with Crippen LogP contribution in [0.3, 0.4) is 0 Å². The van der Waals surface area contributed by atoms with Gasteiger partial charge in [-0.05, 0) is 41.4 Å². The summed E-state index contributed by atoms with van der Waals surface area (Å²) in [5.41, 5.74) is 4.03. The first-order valence-corrected chi connectivity index (χ1v) is 4.87. The maximum Gasteiger partial charge on any atom is 0.128 e. The largest absolute Gasteiger partial charge is 0.248 e. The lowest BCUT2D eigenvalue weighted by Gasteiger charge is -2.02. The molecule has 0 amide bonds. The minimum atomic E-state index is 0.825. The molecule has 2 rings (SSSR count). The molecule has 1 aromatic carbocycles. The fourth-order valence-corrected chi connectivity index (χ4v) is 1.56. The summed E-state index contributed by atoms with van der Waals surface area (Å²) in [6.45, 7) is 3.99. The van der Waals surface area contributed by atoms with E-state index in [1.54, 1.807) is 0 Å². The fourth-order valence-electron chi connectivity index (χ4n) is 1.28. The van der Waals surface area contributed by atoms with Crippen LogP contribution in [0.2, 0.25) is 0 Å². The summed E-state index contributed by atoms with van der Waals surface area (Å²) < 4.78 is 0.825. The van der Waals surface area contributed by atoms with Gasteiger partial charge < -0.3 is 0 Å². The van der Waals surface area contributed by atoms with Crippen molar-refractivity contribution in [1.82, 2.24) is 9.97 Å². The van der Waals surface area contributed by atoms with Gasteiger partial charge in [0.05, 0.1) is 16.7 Å². The monoisotopic (exact) mass is 236 g/mol. The van der Waals surface area contributed by atoms with Crippen LogP contribution >= 0.6 is 15.9 Å². The van der Waals surface area contributed by atoms with E-state index in [2.05, 4.69) is 25.9 Å². The number of hydrogen-bond donors (Lipinski definition) is 0. The number of para-hydroxylation sites is 1. The molecule has 0 saturated carbocycles. The quantitative estimate of drug-likeness (QED) is 0.703. The molecule has 0 bridgehead atoms. The van der Waals surface area contributed by atoms with Crippen LogP contribution in [0.4, 0.5) is 0 Å². The predicted octanol–water partition coefficient (Wildman–Crippen LogP) is 3.01. The number of aromatic nitrogens is 2. The maximum atomic E-state index is 4.47. The Kier molecular flexibility index (Phi) is 2.04. The minimum absolute atomic E-state index is 0.825. The van der Waals surface area contributed by atoms with E-state index in [0.29, 0.717) is 0 Å². The van der Waals surface area contributed by atoms with Crippen molar-refractivity contribution in [2.75, 3.05) is 0 Å². The van der Waals surface area contributed by atoms with Crippen LogP contribution in [0.1, 0.15) is 11.3 Å². The molecule has 0 atom stereocenters. The topological polar surface area (TPSA) is 25.8 Å². The van der Waals surface area contributed by atoms with E-state index in [4.69, 9.17) is 0 Å². The Morgan fingerprint density at radius 3 is 2.69 bits per heavy atom. The first kappa shape index (κ1) is 8.63. The molecule has 0 aliphatic carbocycles. The molecule has 1 heterocycles. The normalized spacial score (nSPS) is 10.7. The first-order chi connectivity index (χ1) is 6.18. The summed E-state index contributed by atoms with van der Waals surface area (Å²) >= 11 is 3.37. The number of rotatable bonds is 0. The molecule has 3 heteroatoms. The molecule has 0 aliphatic rings. The van der Waals surface area contributed by atoms with Crippen molar-refractivity contribution in [3.05, 3.63) is 34.1 Å². The van der Waals surface area contributed by atoms with Gasteiger partial charge in [-0.25, -0.2) is 9.97 Å². The molecule has 0 N–H and O–H groups in total. The number of nitrogens with zero attached hydrogens (tertiary/aromatic N) is 2. The highest BCUT2D eigenvalue weighted by molar-refractivity contribution is 9.10. The number of aryl methyl sites for hydroxylation is 2. The van der Waals surface area contributed by atoms with E-state index < -0.39 is 0 Å². The fraction of sp³-hybridized carbons (Fsp3) is 0.200. The van der Waals surface area contributed by atoms with E-state index in [9.17, 15) is 0 Å². The van der Waals surface area contributed by atoms with E-state index in [0.717, 1.165) is 21.3 Å². The summed E-state index contributed by atoms with van der Waals surface area (Å²) in [6, 6.07) is 6.01. The van der Waals surface area contributed by atoms with Gasteiger partial charge in [-0.2, -0.15) is 0 Å². The number of hydrogen-bond acceptors (Lipinski definition) is 2. The van der Waals surface area contributed by atoms with Gasteiger partial charge in [0, 0.05) is 0 Å². The summed E-state index contributed by atoms with van der Waals surface area (Å²) in [6.07, 6.45) is 0. The Labute approximate surface area is 85.1 Å². The molecule has 0 fully saturated rings. The van der Waals surface area contributed by atoms with Crippen LogP contribution in [0.25, 0.3) is 11.0 Å². The second-order valence-electron chi connectivity index (χ2n) is 3.04. The third-order valence-corrected chi connectivity index (χ3v) is 2.76. The molecule has 13 heavy (non-hydrogen) atoms. The second-order valence-corrected chi connectivity index (χ2v) is 3.79. The van der Waals surface area contributed by atoms with Crippen molar-refractivity contribution in [3.63, 3.8) is 0 Å². The maximum absolute atomic E-state index is 4.47. The highest BCUT2D eigenvalue weighted by atomic mass is 79.9. The van der Waals surface area contributed by atoms with Gasteiger partial charge in [0.2, 0.25) is 0 Å². The van der Waals surface area contributed by atoms with Crippen molar-refractivity contribution in [2.24, 2.45) is 0 Å². The molecule has 2 nitrogen and oxygen atoms in total. The van der Waals surface area contributed by atoms with Gasteiger partial charge in [0.1, 0.15) is 4.60 Å². The molecule has 2 aromatic rings. The Hall–Kier alpha value is -0.960. The zero-order valence-electron chi connectivity index (χ0n) is 7.50. The van der Waals surface area contributed by atoms with E-state index >= 15 is 0 Å². The SMILES string of the molecule is Cc1nc2c(C)cccc2nc1Br. The van der Waals surface area contributed by atoms with Crippen LogP contribution in [0, 0.1) is 13.8 Å². The first-order valence-electron chi connectivity index (χ1n) is 4.08. The average molecular weight is 237 g/mol.